The van der Waals surface area contributed by atoms with Crippen molar-refractivity contribution >= 4 is 26.9 Å². The molecule has 0 saturated heterocycles. The molecule has 16 heavy (non-hydrogen) atoms. The van der Waals surface area contributed by atoms with Gasteiger partial charge in [0.05, 0.1) is 0 Å². The van der Waals surface area contributed by atoms with Crippen molar-refractivity contribution in [3.8, 4) is 0 Å². The van der Waals surface area contributed by atoms with Crippen molar-refractivity contribution in [1.29, 1.82) is 0 Å². The fourth-order valence-corrected chi connectivity index (χ4v) is 2.55. The van der Waals surface area contributed by atoms with Crippen molar-refractivity contribution in [1.82, 2.24) is 0 Å². The molecule has 1 aromatic carbocycles. The summed E-state index contributed by atoms with van der Waals surface area (Å²) in [5, 5.41) is 1.23. The van der Waals surface area contributed by atoms with Crippen LogP contribution in [0.1, 0.15) is 39.0 Å². The van der Waals surface area contributed by atoms with E-state index in [4.69, 9.17) is 4.42 Å². The first kappa shape index (κ1) is 11.7. The Kier molecular flexibility index (Phi) is 2.87. The molecular formula is C14H17BrO. The van der Waals surface area contributed by atoms with Gasteiger partial charge in [-0.25, -0.2) is 0 Å². The number of hydrogen-bond acceptors (Lipinski definition) is 1. The van der Waals surface area contributed by atoms with Gasteiger partial charge in [-0.3, -0.25) is 0 Å². The Balaban J connectivity index is 2.81. The van der Waals surface area contributed by atoms with Crippen molar-refractivity contribution in [2.45, 2.75) is 39.5 Å². The quantitative estimate of drug-likeness (QED) is 0.712. The number of halogens is 1. The molecule has 1 nitrogen and oxygen atoms in total. The van der Waals surface area contributed by atoms with Crippen molar-refractivity contribution in [3.63, 3.8) is 0 Å². The molecule has 0 aliphatic heterocycles. The Morgan fingerprint density at radius 2 is 1.94 bits per heavy atom. The molecule has 2 heteroatoms. The molecule has 2 aromatic rings. The minimum Gasteiger partial charge on any atom is -0.461 e. The van der Waals surface area contributed by atoms with E-state index in [1.54, 1.807) is 0 Å². The highest BCUT2D eigenvalue weighted by Crippen LogP contribution is 2.36. The van der Waals surface area contributed by atoms with Gasteiger partial charge in [0.2, 0.25) is 0 Å². The van der Waals surface area contributed by atoms with Gasteiger partial charge in [0, 0.05) is 21.8 Å². The lowest BCUT2D eigenvalue weighted by molar-refractivity contribution is 0.514. The van der Waals surface area contributed by atoms with Crippen LogP contribution in [-0.2, 0) is 11.8 Å². The molecule has 2 rings (SSSR count). The summed E-state index contributed by atoms with van der Waals surface area (Å²) in [7, 11) is 0. The van der Waals surface area contributed by atoms with Crippen LogP contribution >= 0.6 is 15.9 Å². The number of hydrogen-bond donors (Lipinski definition) is 0. The zero-order valence-corrected chi connectivity index (χ0v) is 11.8. The Labute approximate surface area is 105 Å². The van der Waals surface area contributed by atoms with E-state index in [1.165, 1.54) is 10.9 Å². The summed E-state index contributed by atoms with van der Waals surface area (Å²) in [5.74, 6) is 1.11. The monoisotopic (exact) mass is 280 g/mol. The van der Waals surface area contributed by atoms with E-state index >= 15 is 0 Å². The van der Waals surface area contributed by atoms with Gasteiger partial charge in [-0.05, 0) is 23.6 Å². The van der Waals surface area contributed by atoms with Gasteiger partial charge in [0.1, 0.15) is 11.3 Å². The fraction of sp³-hybridized carbons (Fsp3) is 0.429. The molecule has 0 unspecified atom stereocenters. The second-order valence-electron chi connectivity index (χ2n) is 5.14. The molecular weight excluding hydrogens is 264 g/mol. The molecule has 0 spiro atoms. The molecule has 0 saturated carbocycles. The van der Waals surface area contributed by atoms with Crippen LogP contribution in [0, 0.1) is 0 Å². The molecule has 0 aliphatic rings. The first-order valence-electron chi connectivity index (χ1n) is 5.65. The standard InChI is InChI=1S/C14H17BrO/c1-5-11-13(14(2,3)4)10-8-9(15)6-7-12(10)16-11/h6-8H,5H2,1-4H3. The summed E-state index contributed by atoms with van der Waals surface area (Å²) < 4.78 is 7.01. The van der Waals surface area contributed by atoms with Gasteiger partial charge in [-0.15, -0.1) is 0 Å². The van der Waals surface area contributed by atoms with Crippen LogP contribution in [0.15, 0.2) is 27.1 Å². The van der Waals surface area contributed by atoms with Crippen molar-refractivity contribution < 1.29 is 4.42 Å². The minimum absolute atomic E-state index is 0.122. The molecule has 1 aromatic heterocycles. The smallest absolute Gasteiger partial charge is 0.134 e. The zero-order chi connectivity index (χ0) is 11.9. The summed E-state index contributed by atoms with van der Waals surface area (Å²) in [6.45, 7) is 8.84. The van der Waals surface area contributed by atoms with Crippen LogP contribution in [0.2, 0.25) is 0 Å². The van der Waals surface area contributed by atoms with Crippen LogP contribution in [0.5, 0.6) is 0 Å². The zero-order valence-electron chi connectivity index (χ0n) is 10.2. The van der Waals surface area contributed by atoms with Crippen LogP contribution in [0.4, 0.5) is 0 Å². The highest BCUT2D eigenvalue weighted by atomic mass is 79.9. The average Bonchev–Trinajstić information content (AvgIpc) is 2.54. The SMILES string of the molecule is CCc1oc2ccc(Br)cc2c1C(C)(C)C. The average molecular weight is 281 g/mol. The molecule has 86 valence electrons. The van der Waals surface area contributed by atoms with Crippen molar-refractivity contribution in [3.05, 3.63) is 34.0 Å². The summed E-state index contributed by atoms with van der Waals surface area (Å²) in [4.78, 5) is 0. The Bertz CT molecular complexity index is 517. The third-order valence-electron chi connectivity index (χ3n) is 2.79. The third-order valence-corrected chi connectivity index (χ3v) is 3.29. The number of benzene rings is 1. The van der Waals surface area contributed by atoms with Gasteiger partial charge < -0.3 is 4.42 Å². The van der Waals surface area contributed by atoms with E-state index in [-0.39, 0.29) is 5.41 Å². The Morgan fingerprint density at radius 3 is 2.50 bits per heavy atom. The van der Waals surface area contributed by atoms with Crippen molar-refractivity contribution in [2.24, 2.45) is 0 Å². The van der Waals surface area contributed by atoms with E-state index in [0.717, 1.165) is 22.2 Å². The molecule has 0 N–H and O–H groups in total. The van der Waals surface area contributed by atoms with E-state index in [0.29, 0.717) is 0 Å². The molecule has 0 aliphatic carbocycles. The maximum absolute atomic E-state index is 5.91. The molecule has 0 bridgehead atoms. The number of rotatable bonds is 1. The Hall–Kier alpha value is -0.760. The van der Waals surface area contributed by atoms with Gasteiger partial charge in [-0.2, -0.15) is 0 Å². The third kappa shape index (κ3) is 1.91. The van der Waals surface area contributed by atoms with Crippen LogP contribution in [0.25, 0.3) is 11.0 Å². The lowest BCUT2D eigenvalue weighted by Crippen LogP contribution is -2.12. The summed E-state index contributed by atoms with van der Waals surface area (Å²) in [6, 6.07) is 6.21. The maximum atomic E-state index is 5.91. The lowest BCUT2D eigenvalue weighted by Gasteiger charge is -2.18. The number of aryl methyl sites for hydroxylation is 1. The van der Waals surface area contributed by atoms with Crippen LogP contribution in [-0.4, -0.2) is 0 Å². The first-order valence-corrected chi connectivity index (χ1v) is 6.44. The van der Waals surface area contributed by atoms with E-state index in [2.05, 4.69) is 49.7 Å². The van der Waals surface area contributed by atoms with E-state index in [9.17, 15) is 0 Å². The van der Waals surface area contributed by atoms with E-state index in [1.807, 2.05) is 12.1 Å². The van der Waals surface area contributed by atoms with Gasteiger partial charge in [-0.1, -0.05) is 43.6 Å². The molecule has 0 radical (unpaired) electrons. The molecule has 0 amide bonds. The van der Waals surface area contributed by atoms with Gasteiger partial charge >= 0.3 is 0 Å². The van der Waals surface area contributed by atoms with Gasteiger partial charge in [0.15, 0.2) is 0 Å². The molecule has 1 heterocycles. The summed E-state index contributed by atoms with van der Waals surface area (Å²) >= 11 is 3.52. The predicted octanol–water partition coefficient (Wildman–Crippen LogP) is 5.06. The second kappa shape index (κ2) is 3.92. The predicted molar refractivity (Wildman–Crippen MR) is 72.0 cm³/mol. The minimum atomic E-state index is 0.122. The molecule has 0 atom stereocenters. The topological polar surface area (TPSA) is 13.1 Å². The lowest BCUT2D eigenvalue weighted by atomic mass is 9.84. The van der Waals surface area contributed by atoms with Crippen LogP contribution in [0.3, 0.4) is 0 Å². The number of fused-ring (bicyclic) bond motifs is 1. The Morgan fingerprint density at radius 1 is 1.25 bits per heavy atom. The highest BCUT2D eigenvalue weighted by molar-refractivity contribution is 9.10. The van der Waals surface area contributed by atoms with Gasteiger partial charge in [0.25, 0.3) is 0 Å². The van der Waals surface area contributed by atoms with Crippen molar-refractivity contribution in [2.75, 3.05) is 0 Å². The van der Waals surface area contributed by atoms with E-state index < -0.39 is 0 Å². The summed E-state index contributed by atoms with van der Waals surface area (Å²) in [6.07, 6.45) is 0.943. The fourth-order valence-electron chi connectivity index (χ4n) is 2.19. The highest BCUT2D eigenvalue weighted by Gasteiger charge is 2.24. The number of furan rings is 1. The second-order valence-corrected chi connectivity index (χ2v) is 6.06. The molecule has 0 fully saturated rings. The summed E-state index contributed by atoms with van der Waals surface area (Å²) in [5.41, 5.74) is 2.45. The first-order chi connectivity index (χ1) is 7.43. The largest absolute Gasteiger partial charge is 0.461 e. The van der Waals surface area contributed by atoms with Crippen LogP contribution < -0.4 is 0 Å². The normalized spacial score (nSPS) is 12.3. The maximum Gasteiger partial charge on any atom is 0.134 e.